The maximum atomic E-state index is 5.85. The summed E-state index contributed by atoms with van der Waals surface area (Å²) in [4.78, 5) is 0. The number of hydrogen-bond donors (Lipinski definition) is 0. The summed E-state index contributed by atoms with van der Waals surface area (Å²) in [6.07, 6.45) is 12.1. The van der Waals surface area contributed by atoms with Crippen LogP contribution in [-0.2, 0) is 6.42 Å². The third kappa shape index (κ3) is 5.27. The van der Waals surface area contributed by atoms with Gasteiger partial charge in [-0.05, 0) is 30.5 Å². The quantitative estimate of drug-likeness (QED) is 0.556. The second-order valence-corrected chi connectivity index (χ2v) is 4.43. The molecule has 0 aliphatic carbocycles. The summed E-state index contributed by atoms with van der Waals surface area (Å²) < 4.78 is 5.04. The molecule has 0 saturated carbocycles. The molecule has 0 amide bonds. The molecular formula is C13H21ClO. The molecule has 0 aliphatic heterocycles. The van der Waals surface area contributed by atoms with Crippen LogP contribution in [0.3, 0.4) is 0 Å². The van der Waals surface area contributed by atoms with Crippen LogP contribution in [0.5, 0.6) is 0 Å². The minimum Gasteiger partial charge on any atom is -0.453 e. The smallest absolute Gasteiger partial charge is 0.196 e. The fraction of sp³-hybridized carbons (Fsp3) is 0.692. The lowest BCUT2D eigenvalue weighted by Crippen LogP contribution is -1.84. The van der Waals surface area contributed by atoms with Gasteiger partial charge >= 0.3 is 0 Å². The van der Waals surface area contributed by atoms with Crippen LogP contribution in [0.2, 0.25) is 5.22 Å². The normalized spacial score (nSPS) is 10.8. The summed E-state index contributed by atoms with van der Waals surface area (Å²) >= 11 is 5.85. The highest BCUT2D eigenvalue weighted by molar-refractivity contribution is 6.29. The van der Waals surface area contributed by atoms with Gasteiger partial charge in [-0.3, -0.25) is 0 Å². The Kier molecular flexibility index (Phi) is 6.58. The van der Waals surface area contributed by atoms with Crippen molar-refractivity contribution < 1.29 is 4.42 Å². The van der Waals surface area contributed by atoms with Crippen LogP contribution in [0.4, 0.5) is 0 Å². The van der Waals surface area contributed by atoms with E-state index in [-0.39, 0.29) is 0 Å². The first-order valence-electron chi connectivity index (χ1n) is 6.06. The van der Waals surface area contributed by atoms with E-state index in [0.717, 1.165) is 12.0 Å². The van der Waals surface area contributed by atoms with Crippen molar-refractivity contribution in [3.8, 4) is 0 Å². The molecule has 0 N–H and O–H groups in total. The summed E-state index contributed by atoms with van der Waals surface area (Å²) in [5.41, 5.74) is 1.16. The molecule has 1 heterocycles. The van der Waals surface area contributed by atoms with E-state index in [0.29, 0.717) is 5.22 Å². The monoisotopic (exact) mass is 228 g/mol. The molecule has 1 aromatic heterocycles. The van der Waals surface area contributed by atoms with Crippen molar-refractivity contribution in [1.29, 1.82) is 0 Å². The van der Waals surface area contributed by atoms with Gasteiger partial charge in [0.05, 0.1) is 6.26 Å². The zero-order valence-electron chi connectivity index (χ0n) is 9.60. The number of hydrogen-bond acceptors (Lipinski definition) is 1. The summed E-state index contributed by atoms with van der Waals surface area (Å²) in [6, 6.07) is 1.97. The SMILES string of the molecule is CCCCCCCCCc1ccoc1Cl. The van der Waals surface area contributed by atoms with E-state index in [2.05, 4.69) is 6.92 Å². The molecule has 1 rings (SSSR count). The second-order valence-electron chi connectivity index (χ2n) is 4.09. The molecule has 0 spiro atoms. The summed E-state index contributed by atoms with van der Waals surface area (Å²) in [7, 11) is 0. The molecule has 0 radical (unpaired) electrons. The highest BCUT2D eigenvalue weighted by Gasteiger charge is 2.01. The molecule has 2 heteroatoms. The molecule has 15 heavy (non-hydrogen) atoms. The van der Waals surface area contributed by atoms with E-state index >= 15 is 0 Å². The molecule has 0 saturated heterocycles. The van der Waals surface area contributed by atoms with Crippen LogP contribution in [0.25, 0.3) is 0 Å². The average molecular weight is 229 g/mol. The number of halogens is 1. The molecule has 1 nitrogen and oxygen atoms in total. The standard InChI is InChI=1S/C13H21ClO/c1-2-3-4-5-6-7-8-9-12-10-11-15-13(12)14/h10-11H,2-9H2,1H3. The lowest BCUT2D eigenvalue weighted by Gasteiger charge is -2.00. The maximum Gasteiger partial charge on any atom is 0.196 e. The molecule has 0 unspecified atom stereocenters. The molecule has 86 valence electrons. The van der Waals surface area contributed by atoms with Crippen molar-refractivity contribution in [2.45, 2.75) is 58.3 Å². The highest BCUT2D eigenvalue weighted by Crippen LogP contribution is 2.19. The van der Waals surface area contributed by atoms with Crippen LogP contribution >= 0.6 is 11.6 Å². The first-order chi connectivity index (χ1) is 7.34. The first-order valence-corrected chi connectivity index (χ1v) is 6.44. The van der Waals surface area contributed by atoms with Gasteiger partial charge in [0.15, 0.2) is 5.22 Å². The van der Waals surface area contributed by atoms with E-state index in [1.54, 1.807) is 6.26 Å². The van der Waals surface area contributed by atoms with Crippen molar-refractivity contribution in [2.24, 2.45) is 0 Å². The summed E-state index contributed by atoms with van der Waals surface area (Å²) in [6.45, 7) is 2.25. The van der Waals surface area contributed by atoms with Crippen molar-refractivity contribution >= 4 is 11.6 Å². The Bertz CT molecular complexity index is 255. The molecular weight excluding hydrogens is 208 g/mol. The van der Waals surface area contributed by atoms with Crippen LogP contribution in [-0.4, -0.2) is 0 Å². The Morgan fingerprint density at radius 2 is 1.73 bits per heavy atom. The fourth-order valence-electron chi connectivity index (χ4n) is 1.77. The lowest BCUT2D eigenvalue weighted by molar-refractivity contribution is 0.561. The zero-order valence-corrected chi connectivity index (χ0v) is 10.4. The van der Waals surface area contributed by atoms with Gasteiger partial charge in [-0.25, -0.2) is 0 Å². The topological polar surface area (TPSA) is 13.1 Å². The Balaban J connectivity index is 1.96. The predicted molar refractivity (Wildman–Crippen MR) is 65.4 cm³/mol. The number of unbranched alkanes of at least 4 members (excludes halogenated alkanes) is 6. The van der Waals surface area contributed by atoms with Gasteiger partial charge < -0.3 is 4.42 Å². The van der Waals surface area contributed by atoms with E-state index in [4.69, 9.17) is 16.0 Å². The van der Waals surface area contributed by atoms with Gasteiger partial charge in [0.1, 0.15) is 0 Å². The minimum absolute atomic E-state index is 0.570. The van der Waals surface area contributed by atoms with Gasteiger partial charge in [0.2, 0.25) is 0 Å². The van der Waals surface area contributed by atoms with Crippen molar-refractivity contribution in [3.05, 3.63) is 23.1 Å². The largest absolute Gasteiger partial charge is 0.453 e. The third-order valence-electron chi connectivity index (χ3n) is 2.74. The van der Waals surface area contributed by atoms with Gasteiger partial charge in [-0.2, -0.15) is 0 Å². The van der Waals surface area contributed by atoms with Crippen molar-refractivity contribution in [1.82, 2.24) is 0 Å². The van der Waals surface area contributed by atoms with E-state index in [9.17, 15) is 0 Å². The van der Waals surface area contributed by atoms with Crippen LogP contribution < -0.4 is 0 Å². The third-order valence-corrected chi connectivity index (χ3v) is 3.07. The van der Waals surface area contributed by atoms with Crippen molar-refractivity contribution in [2.75, 3.05) is 0 Å². The van der Waals surface area contributed by atoms with Crippen LogP contribution in [0.1, 0.15) is 57.4 Å². The molecule has 0 fully saturated rings. The lowest BCUT2D eigenvalue weighted by atomic mass is 10.1. The second kappa shape index (κ2) is 7.81. The Morgan fingerprint density at radius 3 is 2.33 bits per heavy atom. The maximum absolute atomic E-state index is 5.85. The van der Waals surface area contributed by atoms with Gasteiger partial charge in [-0.15, -0.1) is 0 Å². The van der Waals surface area contributed by atoms with Crippen molar-refractivity contribution in [3.63, 3.8) is 0 Å². The van der Waals surface area contributed by atoms with Crippen LogP contribution in [0.15, 0.2) is 16.7 Å². The van der Waals surface area contributed by atoms with Gasteiger partial charge in [0, 0.05) is 5.56 Å². The van der Waals surface area contributed by atoms with E-state index in [1.807, 2.05) is 6.07 Å². The summed E-state index contributed by atoms with van der Waals surface area (Å²) in [5.74, 6) is 0. The number of furan rings is 1. The summed E-state index contributed by atoms with van der Waals surface area (Å²) in [5, 5.41) is 0.570. The number of aryl methyl sites for hydroxylation is 1. The molecule has 0 bridgehead atoms. The average Bonchev–Trinajstić information content (AvgIpc) is 2.63. The first kappa shape index (κ1) is 12.6. The van der Waals surface area contributed by atoms with Crippen LogP contribution in [0, 0.1) is 0 Å². The van der Waals surface area contributed by atoms with E-state index in [1.165, 1.54) is 44.9 Å². The van der Waals surface area contributed by atoms with Gasteiger partial charge in [-0.1, -0.05) is 45.4 Å². The van der Waals surface area contributed by atoms with E-state index < -0.39 is 0 Å². The molecule has 1 aromatic rings. The Hall–Kier alpha value is -0.430. The Labute approximate surface area is 97.8 Å². The zero-order chi connectivity index (χ0) is 10.9. The highest BCUT2D eigenvalue weighted by atomic mass is 35.5. The number of rotatable bonds is 8. The molecule has 0 aliphatic rings. The molecule has 0 aromatic carbocycles. The Morgan fingerprint density at radius 1 is 1.07 bits per heavy atom. The minimum atomic E-state index is 0.570. The van der Waals surface area contributed by atoms with Gasteiger partial charge in [0.25, 0.3) is 0 Å². The fourth-order valence-corrected chi connectivity index (χ4v) is 1.98. The predicted octanol–water partition coefficient (Wildman–Crippen LogP) is 5.23. The molecule has 0 atom stereocenters.